The van der Waals surface area contributed by atoms with Gasteiger partial charge in [-0.1, -0.05) is 25.5 Å². The van der Waals surface area contributed by atoms with Crippen molar-refractivity contribution in [2.75, 3.05) is 0 Å². The van der Waals surface area contributed by atoms with Crippen LogP contribution in [0.2, 0.25) is 0 Å². The van der Waals surface area contributed by atoms with Gasteiger partial charge < -0.3 is 5.11 Å². The first kappa shape index (κ1) is 11.6. The molecule has 5 nitrogen and oxygen atoms in total. The van der Waals surface area contributed by atoms with Gasteiger partial charge in [-0.3, -0.25) is 14.9 Å². The van der Waals surface area contributed by atoms with E-state index in [1.54, 1.807) is 12.1 Å². The zero-order valence-electron chi connectivity index (χ0n) is 9.42. The minimum absolute atomic E-state index is 0.0510. The molecule has 1 aromatic rings. The van der Waals surface area contributed by atoms with E-state index in [4.69, 9.17) is 0 Å². The molecule has 0 radical (unpaired) electrons. The average Bonchev–Trinajstić information content (AvgIpc) is 3.05. The zero-order valence-corrected chi connectivity index (χ0v) is 9.42. The largest absolute Gasteiger partial charge is 0.481 e. The Morgan fingerprint density at radius 2 is 2.35 bits per heavy atom. The number of benzene rings is 1. The molecule has 5 heteroatoms. The van der Waals surface area contributed by atoms with E-state index in [2.05, 4.69) is 0 Å². The summed E-state index contributed by atoms with van der Waals surface area (Å²) >= 11 is 0. The Labute approximate surface area is 98.2 Å². The highest BCUT2D eigenvalue weighted by molar-refractivity contribution is 5.86. The molecule has 0 spiro atoms. The molecule has 90 valence electrons. The predicted octanol–water partition coefficient (Wildman–Crippen LogP) is 2.35. The van der Waals surface area contributed by atoms with Crippen LogP contribution in [-0.2, 0) is 10.2 Å². The quantitative estimate of drug-likeness (QED) is 0.641. The lowest BCUT2D eigenvalue weighted by molar-refractivity contribution is -0.384. The van der Waals surface area contributed by atoms with Gasteiger partial charge in [0, 0.05) is 12.1 Å². The van der Waals surface area contributed by atoms with Crippen LogP contribution in [-0.4, -0.2) is 16.0 Å². The van der Waals surface area contributed by atoms with Crippen LogP contribution in [0.4, 0.5) is 5.69 Å². The molecular weight excluding hydrogens is 222 g/mol. The molecule has 1 aromatic carbocycles. The number of carboxylic acid groups (broad SMARTS) is 1. The maximum atomic E-state index is 11.4. The second-order valence-corrected chi connectivity index (χ2v) is 4.39. The lowest BCUT2D eigenvalue weighted by Crippen LogP contribution is -2.22. The lowest BCUT2D eigenvalue weighted by atomic mass is 9.92. The van der Waals surface area contributed by atoms with Crippen molar-refractivity contribution >= 4 is 11.7 Å². The fourth-order valence-electron chi connectivity index (χ4n) is 2.46. The van der Waals surface area contributed by atoms with Gasteiger partial charge in [-0.2, -0.15) is 0 Å². The van der Waals surface area contributed by atoms with Crippen molar-refractivity contribution in [2.24, 2.45) is 5.92 Å². The summed E-state index contributed by atoms with van der Waals surface area (Å²) in [6, 6.07) is 5.96. The second kappa shape index (κ2) is 3.84. The predicted molar refractivity (Wildman–Crippen MR) is 60.8 cm³/mol. The third kappa shape index (κ3) is 1.67. The zero-order chi connectivity index (χ0) is 12.6. The molecule has 1 aliphatic rings. The van der Waals surface area contributed by atoms with Crippen molar-refractivity contribution in [1.29, 1.82) is 0 Å². The first-order valence-corrected chi connectivity index (χ1v) is 5.50. The normalized spacial score (nSPS) is 26.5. The van der Waals surface area contributed by atoms with Crippen LogP contribution in [0.15, 0.2) is 24.3 Å². The molecule has 0 amide bonds. The van der Waals surface area contributed by atoms with Gasteiger partial charge in [0.2, 0.25) is 0 Å². The van der Waals surface area contributed by atoms with Gasteiger partial charge in [0.05, 0.1) is 10.3 Å². The monoisotopic (exact) mass is 235 g/mol. The van der Waals surface area contributed by atoms with E-state index >= 15 is 0 Å². The number of nitrogens with zero attached hydrogens (tertiary/aromatic N) is 1. The Morgan fingerprint density at radius 1 is 1.65 bits per heavy atom. The SMILES string of the molecule is CCC1CC1(C(=O)O)c1cccc([N+](=O)[O-])c1. The number of hydrogen-bond donors (Lipinski definition) is 1. The summed E-state index contributed by atoms with van der Waals surface area (Å²) in [6.07, 6.45) is 1.34. The number of carbonyl (C=O) groups is 1. The van der Waals surface area contributed by atoms with Crippen LogP contribution in [0.25, 0.3) is 0 Å². The summed E-state index contributed by atoms with van der Waals surface area (Å²) in [4.78, 5) is 21.5. The minimum Gasteiger partial charge on any atom is -0.481 e. The molecule has 0 aliphatic heterocycles. The molecule has 0 saturated heterocycles. The van der Waals surface area contributed by atoms with Crippen LogP contribution >= 0.6 is 0 Å². The van der Waals surface area contributed by atoms with Gasteiger partial charge in [0.25, 0.3) is 5.69 Å². The maximum absolute atomic E-state index is 11.4. The standard InChI is InChI=1S/C12H13NO4/c1-2-8-7-12(8,11(14)15)9-4-3-5-10(6-9)13(16)17/h3-6,8H,2,7H2,1H3,(H,14,15). The molecule has 0 bridgehead atoms. The van der Waals surface area contributed by atoms with E-state index in [0.29, 0.717) is 12.0 Å². The van der Waals surface area contributed by atoms with Gasteiger partial charge in [0.1, 0.15) is 0 Å². The summed E-state index contributed by atoms with van der Waals surface area (Å²) in [5.74, 6) is -0.799. The summed E-state index contributed by atoms with van der Waals surface area (Å²) in [5, 5.41) is 20.0. The smallest absolute Gasteiger partial charge is 0.314 e. The fraction of sp³-hybridized carbons (Fsp3) is 0.417. The Kier molecular flexibility index (Phi) is 2.61. The van der Waals surface area contributed by atoms with Gasteiger partial charge in [-0.15, -0.1) is 0 Å². The summed E-state index contributed by atoms with van der Waals surface area (Å²) in [6.45, 7) is 1.94. The topological polar surface area (TPSA) is 80.4 Å². The molecule has 2 atom stereocenters. The van der Waals surface area contributed by atoms with Crippen molar-refractivity contribution in [3.05, 3.63) is 39.9 Å². The number of non-ortho nitro benzene ring substituents is 1. The van der Waals surface area contributed by atoms with Crippen molar-refractivity contribution in [3.8, 4) is 0 Å². The third-order valence-electron chi connectivity index (χ3n) is 3.55. The van der Waals surface area contributed by atoms with Crippen LogP contribution in [0.3, 0.4) is 0 Å². The van der Waals surface area contributed by atoms with Crippen molar-refractivity contribution in [1.82, 2.24) is 0 Å². The molecule has 1 N–H and O–H groups in total. The Bertz CT molecular complexity index is 485. The van der Waals surface area contributed by atoms with Gasteiger partial charge in [0.15, 0.2) is 0 Å². The number of hydrogen-bond acceptors (Lipinski definition) is 3. The van der Waals surface area contributed by atoms with Crippen molar-refractivity contribution < 1.29 is 14.8 Å². The third-order valence-corrected chi connectivity index (χ3v) is 3.55. The van der Waals surface area contributed by atoms with Crippen LogP contribution in [0.5, 0.6) is 0 Å². The van der Waals surface area contributed by atoms with Gasteiger partial charge in [-0.25, -0.2) is 0 Å². The highest BCUT2D eigenvalue weighted by atomic mass is 16.6. The van der Waals surface area contributed by atoms with Gasteiger partial charge in [-0.05, 0) is 17.9 Å². The number of nitro benzene ring substituents is 1. The molecule has 17 heavy (non-hydrogen) atoms. The molecule has 1 aliphatic carbocycles. The molecule has 2 unspecified atom stereocenters. The van der Waals surface area contributed by atoms with E-state index in [0.717, 1.165) is 6.42 Å². The summed E-state index contributed by atoms with van der Waals surface area (Å²) in [5.41, 5.74) is -0.406. The summed E-state index contributed by atoms with van der Waals surface area (Å²) < 4.78 is 0. The maximum Gasteiger partial charge on any atom is 0.314 e. The molecule has 0 heterocycles. The molecular formula is C12H13NO4. The second-order valence-electron chi connectivity index (χ2n) is 4.39. The fourth-order valence-corrected chi connectivity index (χ4v) is 2.46. The van der Waals surface area contributed by atoms with E-state index in [1.807, 2.05) is 6.92 Å². The van der Waals surface area contributed by atoms with E-state index in [9.17, 15) is 20.0 Å². The minimum atomic E-state index is -0.902. The van der Waals surface area contributed by atoms with E-state index < -0.39 is 16.3 Å². The highest BCUT2D eigenvalue weighted by Gasteiger charge is 2.60. The number of aliphatic carboxylic acids is 1. The number of carboxylic acids is 1. The number of rotatable bonds is 4. The van der Waals surface area contributed by atoms with Crippen molar-refractivity contribution in [2.45, 2.75) is 25.2 Å². The average molecular weight is 235 g/mol. The first-order valence-electron chi connectivity index (χ1n) is 5.50. The highest BCUT2D eigenvalue weighted by Crippen LogP contribution is 2.56. The van der Waals surface area contributed by atoms with Crippen molar-refractivity contribution in [3.63, 3.8) is 0 Å². The Balaban J connectivity index is 2.43. The first-order chi connectivity index (χ1) is 8.02. The molecule has 1 fully saturated rings. The molecule has 2 rings (SSSR count). The van der Waals surface area contributed by atoms with E-state index in [1.165, 1.54) is 12.1 Å². The Morgan fingerprint density at radius 3 is 2.82 bits per heavy atom. The van der Waals surface area contributed by atoms with E-state index in [-0.39, 0.29) is 11.6 Å². The van der Waals surface area contributed by atoms with Gasteiger partial charge >= 0.3 is 5.97 Å². The van der Waals surface area contributed by atoms with Crippen LogP contribution in [0.1, 0.15) is 25.3 Å². The summed E-state index contributed by atoms with van der Waals surface area (Å²) in [7, 11) is 0. The number of nitro groups is 1. The lowest BCUT2D eigenvalue weighted by Gasteiger charge is -2.11. The Hall–Kier alpha value is -1.91. The molecule has 0 aromatic heterocycles. The molecule has 1 saturated carbocycles. The van der Waals surface area contributed by atoms with Crippen LogP contribution in [0, 0.1) is 16.0 Å². The van der Waals surface area contributed by atoms with Crippen LogP contribution < -0.4 is 0 Å².